The largest absolute Gasteiger partial charge is 0.378 e. The highest BCUT2D eigenvalue weighted by molar-refractivity contribution is 5.80. The molecule has 1 saturated heterocycles. The number of aromatic nitrogens is 3. The molecule has 1 fully saturated rings. The molecule has 1 aromatic rings. The minimum Gasteiger partial charge on any atom is -0.378 e. The fourth-order valence-electron chi connectivity index (χ4n) is 2.96. The third-order valence-corrected chi connectivity index (χ3v) is 4.63. The van der Waals surface area contributed by atoms with E-state index in [0.717, 1.165) is 19.3 Å². The number of hydrogen-bond donors (Lipinski definition) is 3. The standard InChI is InChI=1S/C18H31N7O4/c1-3-5-6-7-14(12-25(28)13-26)16(27)22-23-17-19-15(4-2)20-18(21-17)24-8-10-29-11-9-24/h13-14,28H,3-12H2,1-2H3,(H,22,27)(H,19,20,21,23). The van der Waals surface area contributed by atoms with Crippen molar-refractivity contribution >= 4 is 24.2 Å². The van der Waals surface area contributed by atoms with E-state index in [1.807, 2.05) is 11.8 Å². The molecule has 1 aromatic heterocycles. The van der Waals surface area contributed by atoms with E-state index >= 15 is 0 Å². The maximum absolute atomic E-state index is 12.6. The summed E-state index contributed by atoms with van der Waals surface area (Å²) in [5.74, 6) is 0.512. The van der Waals surface area contributed by atoms with Crippen molar-refractivity contribution in [1.82, 2.24) is 25.4 Å². The van der Waals surface area contributed by atoms with Crippen molar-refractivity contribution in [1.29, 1.82) is 0 Å². The Morgan fingerprint density at radius 2 is 2.03 bits per heavy atom. The van der Waals surface area contributed by atoms with E-state index in [4.69, 9.17) is 4.74 Å². The van der Waals surface area contributed by atoms with Crippen molar-refractivity contribution in [2.75, 3.05) is 43.2 Å². The summed E-state index contributed by atoms with van der Waals surface area (Å²) in [7, 11) is 0. The molecule has 2 rings (SSSR count). The van der Waals surface area contributed by atoms with Gasteiger partial charge in [-0.1, -0.05) is 33.1 Å². The van der Waals surface area contributed by atoms with Crippen molar-refractivity contribution in [3.05, 3.63) is 5.82 Å². The molecule has 0 aromatic carbocycles. The van der Waals surface area contributed by atoms with Crippen LogP contribution >= 0.6 is 0 Å². The fourth-order valence-corrected chi connectivity index (χ4v) is 2.96. The van der Waals surface area contributed by atoms with Crippen LogP contribution in [0.3, 0.4) is 0 Å². The van der Waals surface area contributed by atoms with Crippen LogP contribution in [0, 0.1) is 5.92 Å². The quantitative estimate of drug-likeness (QED) is 0.198. The second kappa shape index (κ2) is 12.1. The highest BCUT2D eigenvalue weighted by atomic mass is 16.5. The Morgan fingerprint density at radius 1 is 1.28 bits per heavy atom. The van der Waals surface area contributed by atoms with E-state index in [2.05, 4.69) is 32.7 Å². The molecule has 162 valence electrons. The van der Waals surface area contributed by atoms with E-state index in [1.54, 1.807) is 0 Å². The van der Waals surface area contributed by atoms with Crippen LogP contribution in [0.15, 0.2) is 0 Å². The molecule has 1 unspecified atom stereocenters. The second-order valence-corrected chi connectivity index (χ2v) is 6.86. The van der Waals surface area contributed by atoms with E-state index in [0.29, 0.717) is 62.4 Å². The zero-order valence-corrected chi connectivity index (χ0v) is 17.1. The first-order valence-corrected chi connectivity index (χ1v) is 10.1. The molecule has 1 aliphatic rings. The molecule has 1 aliphatic heterocycles. The van der Waals surface area contributed by atoms with Crippen LogP contribution in [0.5, 0.6) is 0 Å². The van der Waals surface area contributed by atoms with Crippen molar-refractivity contribution in [3.8, 4) is 0 Å². The van der Waals surface area contributed by atoms with Gasteiger partial charge in [-0.05, 0) is 6.42 Å². The number of morpholine rings is 1. The molecule has 3 N–H and O–H groups in total. The molecule has 2 amide bonds. The first-order valence-electron chi connectivity index (χ1n) is 10.1. The van der Waals surface area contributed by atoms with Gasteiger partial charge in [0.05, 0.1) is 25.7 Å². The highest BCUT2D eigenvalue weighted by Gasteiger charge is 2.21. The van der Waals surface area contributed by atoms with Gasteiger partial charge in [0.15, 0.2) is 0 Å². The molecule has 11 nitrogen and oxygen atoms in total. The monoisotopic (exact) mass is 409 g/mol. The van der Waals surface area contributed by atoms with Gasteiger partial charge in [0.25, 0.3) is 0 Å². The Bertz CT molecular complexity index is 655. The molecular formula is C18H31N7O4. The number of nitrogens with one attached hydrogen (secondary N) is 2. The van der Waals surface area contributed by atoms with Crippen molar-refractivity contribution in [3.63, 3.8) is 0 Å². The smallest absolute Gasteiger partial charge is 0.246 e. The number of aryl methyl sites for hydroxylation is 1. The zero-order valence-electron chi connectivity index (χ0n) is 17.1. The summed E-state index contributed by atoms with van der Waals surface area (Å²) in [5.41, 5.74) is 5.35. The van der Waals surface area contributed by atoms with Gasteiger partial charge < -0.3 is 9.64 Å². The van der Waals surface area contributed by atoms with Crippen molar-refractivity contribution in [2.24, 2.45) is 5.92 Å². The number of hydrazine groups is 1. The van der Waals surface area contributed by atoms with Crippen molar-refractivity contribution in [2.45, 2.75) is 46.0 Å². The molecule has 0 spiro atoms. The normalized spacial score (nSPS) is 14.9. The lowest BCUT2D eigenvalue weighted by molar-refractivity contribution is -0.154. The van der Waals surface area contributed by atoms with Crippen LogP contribution in [0.25, 0.3) is 0 Å². The number of nitrogens with zero attached hydrogens (tertiary/aromatic N) is 5. The van der Waals surface area contributed by atoms with Gasteiger partial charge in [-0.25, -0.2) is 5.06 Å². The lowest BCUT2D eigenvalue weighted by Gasteiger charge is -2.27. The van der Waals surface area contributed by atoms with E-state index in [1.165, 1.54) is 0 Å². The number of rotatable bonds is 12. The van der Waals surface area contributed by atoms with Gasteiger partial charge >= 0.3 is 0 Å². The summed E-state index contributed by atoms with van der Waals surface area (Å²) >= 11 is 0. The molecule has 2 heterocycles. The predicted octanol–water partition coefficient (Wildman–Crippen LogP) is 0.758. The Morgan fingerprint density at radius 3 is 2.69 bits per heavy atom. The Balaban J connectivity index is 2.02. The van der Waals surface area contributed by atoms with Gasteiger partial charge in [0.1, 0.15) is 5.82 Å². The third kappa shape index (κ3) is 7.42. The molecule has 0 bridgehead atoms. The molecule has 11 heteroatoms. The van der Waals surface area contributed by atoms with Crippen LogP contribution in [0.2, 0.25) is 0 Å². The first-order chi connectivity index (χ1) is 14.1. The minimum absolute atomic E-state index is 0.0723. The van der Waals surface area contributed by atoms with E-state index < -0.39 is 5.92 Å². The zero-order chi connectivity index (χ0) is 21.1. The number of ether oxygens (including phenoxy) is 1. The van der Waals surface area contributed by atoms with Crippen LogP contribution in [0.4, 0.5) is 11.9 Å². The lowest BCUT2D eigenvalue weighted by atomic mass is 10.0. The van der Waals surface area contributed by atoms with E-state index in [-0.39, 0.29) is 18.4 Å². The van der Waals surface area contributed by atoms with Gasteiger partial charge in [0.2, 0.25) is 24.2 Å². The van der Waals surface area contributed by atoms with Crippen LogP contribution < -0.4 is 15.8 Å². The Labute approximate surface area is 170 Å². The minimum atomic E-state index is -0.546. The van der Waals surface area contributed by atoms with Crippen LogP contribution in [-0.4, -0.2) is 70.4 Å². The average molecular weight is 409 g/mol. The van der Waals surface area contributed by atoms with Gasteiger partial charge in [-0.15, -0.1) is 0 Å². The summed E-state index contributed by atoms with van der Waals surface area (Å²) in [5, 5.41) is 9.98. The number of carbonyl (C=O) groups is 2. The summed E-state index contributed by atoms with van der Waals surface area (Å²) < 4.78 is 5.36. The molecule has 0 radical (unpaired) electrons. The fraction of sp³-hybridized carbons (Fsp3) is 0.722. The number of amides is 2. The van der Waals surface area contributed by atoms with E-state index in [9.17, 15) is 14.8 Å². The van der Waals surface area contributed by atoms with Crippen LogP contribution in [-0.2, 0) is 20.7 Å². The molecular weight excluding hydrogens is 378 g/mol. The van der Waals surface area contributed by atoms with Gasteiger partial charge in [-0.2, -0.15) is 15.0 Å². The van der Waals surface area contributed by atoms with Crippen molar-refractivity contribution < 1.29 is 19.5 Å². The second-order valence-electron chi connectivity index (χ2n) is 6.86. The Kier molecular flexibility index (Phi) is 9.51. The summed E-state index contributed by atoms with van der Waals surface area (Å²) in [4.78, 5) is 38.5. The SMILES string of the molecule is CCCCCC(CN(O)C=O)C(=O)NNc1nc(CC)nc(N2CCOCC2)n1. The third-order valence-electron chi connectivity index (χ3n) is 4.63. The summed E-state index contributed by atoms with van der Waals surface area (Å²) in [6, 6.07) is 0. The lowest BCUT2D eigenvalue weighted by Crippen LogP contribution is -2.41. The predicted molar refractivity (Wildman–Crippen MR) is 106 cm³/mol. The number of carbonyl (C=O) groups excluding carboxylic acids is 2. The topological polar surface area (TPSA) is 133 Å². The average Bonchev–Trinajstić information content (AvgIpc) is 2.77. The van der Waals surface area contributed by atoms with Gasteiger partial charge in [0, 0.05) is 19.5 Å². The van der Waals surface area contributed by atoms with Gasteiger partial charge in [-0.3, -0.25) is 25.6 Å². The Hall–Kier alpha value is -2.53. The number of hydrogen-bond acceptors (Lipinski definition) is 9. The van der Waals surface area contributed by atoms with Crippen LogP contribution in [0.1, 0.15) is 45.4 Å². The maximum atomic E-state index is 12.6. The summed E-state index contributed by atoms with van der Waals surface area (Å²) in [6.07, 6.45) is 4.29. The number of unbranched alkanes of at least 4 members (excludes halogenated alkanes) is 2. The first kappa shape index (κ1) is 22.8. The number of anilines is 2. The highest BCUT2D eigenvalue weighted by Crippen LogP contribution is 2.14. The molecule has 0 aliphatic carbocycles. The molecule has 1 atom stereocenters. The summed E-state index contributed by atoms with van der Waals surface area (Å²) in [6.45, 7) is 6.55. The molecule has 0 saturated carbocycles. The number of hydroxylamine groups is 2. The maximum Gasteiger partial charge on any atom is 0.246 e. The molecule has 29 heavy (non-hydrogen) atoms.